The highest BCUT2D eigenvalue weighted by atomic mass is 16.5. The Labute approximate surface area is 204 Å². The van der Waals surface area contributed by atoms with E-state index in [1.165, 1.54) is 0 Å². The van der Waals surface area contributed by atoms with Gasteiger partial charge in [0.1, 0.15) is 20.2 Å². The zero-order valence-corrected chi connectivity index (χ0v) is 19.2. The van der Waals surface area contributed by atoms with Crippen molar-refractivity contribution in [1.82, 2.24) is 29.5 Å². The van der Waals surface area contributed by atoms with Crippen LogP contribution in [0.25, 0.3) is 38.9 Å². The summed E-state index contributed by atoms with van der Waals surface area (Å²) in [7, 11) is 5.86. The average Bonchev–Trinajstić information content (AvgIpc) is 3.32. The van der Waals surface area contributed by atoms with E-state index >= 15 is 0 Å². The fourth-order valence-corrected chi connectivity index (χ4v) is 4.36. The Morgan fingerprint density at radius 1 is 0.943 bits per heavy atom. The molecule has 6 rings (SSSR count). The molecular weight excluding hydrogens is 439 g/mol. The van der Waals surface area contributed by atoms with Crippen molar-refractivity contribution in [2.75, 3.05) is 39.5 Å². The van der Waals surface area contributed by atoms with Gasteiger partial charge in [-0.05, 0) is 29.4 Å². The van der Waals surface area contributed by atoms with Gasteiger partial charge in [-0.2, -0.15) is 5.10 Å². The van der Waals surface area contributed by atoms with Gasteiger partial charge in [-0.3, -0.25) is 14.9 Å². The predicted octanol–water partition coefficient (Wildman–Crippen LogP) is 2.51. The number of rotatable bonds is 6. The van der Waals surface area contributed by atoms with Gasteiger partial charge < -0.3 is 9.47 Å². The molecule has 1 aliphatic heterocycles. The highest BCUT2D eigenvalue weighted by molar-refractivity contribution is 6.31. The maximum atomic E-state index is 5.87. The number of ether oxygens (including phenoxy) is 2. The first-order chi connectivity index (χ1) is 17.2. The van der Waals surface area contributed by atoms with E-state index in [0.717, 1.165) is 77.5 Å². The van der Waals surface area contributed by atoms with Crippen molar-refractivity contribution in [3.05, 3.63) is 67.3 Å². The fourth-order valence-electron chi connectivity index (χ4n) is 4.36. The molecule has 0 N–H and O–H groups in total. The van der Waals surface area contributed by atoms with Crippen LogP contribution in [0, 0.1) is 0 Å². The number of aromatic nitrogens is 5. The van der Waals surface area contributed by atoms with Crippen molar-refractivity contribution in [3.8, 4) is 28.1 Å². The van der Waals surface area contributed by atoms with Crippen LogP contribution < -0.4 is 10.3 Å². The SMILES string of the molecule is [B]c1ccc2c(-c3cnn4cc(-c5ccc(OCCN6CCOCC6)cn5)cnc34)cccc2n1. The Morgan fingerprint density at radius 2 is 1.86 bits per heavy atom. The van der Waals surface area contributed by atoms with Crippen molar-refractivity contribution in [2.24, 2.45) is 0 Å². The lowest BCUT2D eigenvalue weighted by Gasteiger charge is -2.26. The van der Waals surface area contributed by atoms with Crippen LogP contribution in [-0.4, -0.2) is 76.8 Å². The molecule has 0 spiro atoms. The summed E-state index contributed by atoms with van der Waals surface area (Å²) in [4.78, 5) is 16.1. The largest absolute Gasteiger partial charge is 0.491 e. The number of fused-ring (bicyclic) bond motifs is 2. The smallest absolute Gasteiger partial charge is 0.162 e. The highest BCUT2D eigenvalue weighted by Gasteiger charge is 2.13. The molecule has 5 aromatic rings. The van der Waals surface area contributed by atoms with Gasteiger partial charge in [-0.25, -0.2) is 9.50 Å². The third kappa shape index (κ3) is 4.48. The number of hydrogen-bond donors (Lipinski definition) is 0. The summed E-state index contributed by atoms with van der Waals surface area (Å²) in [5, 5.41) is 5.56. The topological polar surface area (TPSA) is 77.7 Å². The first-order valence-corrected chi connectivity index (χ1v) is 11.6. The molecule has 4 aromatic heterocycles. The highest BCUT2D eigenvalue weighted by Crippen LogP contribution is 2.30. The normalized spacial score (nSPS) is 14.5. The predicted molar refractivity (Wildman–Crippen MR) is 135 cm³/mol. The third-order valence-electron chi connectivity index (χ3n) is 6.21. The van der Waals surface area contributed by atoms with Crippen LogP contribution in [0.15, 0.2) is 67.3 Å². The Balaban J connectivity index is 1.21. The molecule has 35 heavy (non-hydrogen) atoms. The van der Waals surface area contributed by atoms with E-state index in [2.05, 4.69) is 20.0 Å². The van der Waals surface area contributed by atoms with Crippen LogP contribution in [0.2, 0.25) is 0 Å². The molecule has 0 bridgehead atoms. The first-order valence-electron chi connectivity index (χ1n) is 11.6. The number of morpholine rings is 1. The third-order valence-corrected chi connectivity index (χ3v) is 6.21. The quantitative estimate of drug-likeness (QED) is 0.359. The summed E-state index contributed by atoms with van der Waals surface area (Å²) < 4.78 is 13.0. The van der Waals surface area contributed by atoms with E-state index in [1.807, 2.05) is 61.1 Å². The van der Waals surface area contributed by atoms with Crippen molar-refractivity contribution >= 4 is 30.0 Å². The van der Waals surface area contributed by atoms with E-state index in [-0.39, 0.29) is 0 Å². The number of hydrogen-bond acceptors (Lipinski definition) is 7. The second kappa shape index (κ2) is 9.44. The van der Waals surface area contributed by atoms with Gasteiger partial charge in [0.15, 0.2) is 5.65 Å². The zero-order chi connectivity index (χ0) is 23.6. The minimum absolute atomic E-state index is 0.498. The molecule has 1 aliphatic rings. The molecule has 0 amide bonds. The summed E-state index contributed by atoms with van der Waals surface area (Å²) in [5.41, 5.74) is 5.74. The van der Waals surface area contributed by atoms with E-state index in [4.69, 9.17) is 22.3 Å². The summed E-state index contributed by atoms with van der Waals surface area (Å²) in [6.07, 6.45) is 7.34. The molecule has 0 saturated carbocycles. The van der Waals surface area contributed by atoms with E-state index in [0.29, 0.717) is 12.2 Å². The van der Waals surface area contributed by atoms with Crippen molar-refractivity contribution in [1.29, 1.82) is 0 Å². The Bertz CT molecular complexity index is 1480. The van der Waals surface area contributed by atoms with Crippen molar-refractivity contribution in [2.45, 2.75) is 0 Å². The van der Waals surface area contributed by atoms with Gasteiger partial charge in [0.2, 0.25) is 0 Å². The number of pyridine rings is 2. The Morgan fingerprint density at radius 3 is 2.71 bits per heavy atom. The molecule has 0 aliphatic carbocycles. The monoisotopic (exact) mass is 462 g/mol. The molecule has 2 radical (unpaired) electrons. The van der Waals surface area contributed by atoms with Crippen LogP contribution in [0.1, 0.15) is 0 Å². The summed E-state index contributed by atoms with van der Waals surface area (Å²) >= 11 is 0. The minimum atomic E-state index is 0.498. The lowest BCUT2D eigenvalue weighted by Crippen LogP contribution is -2.38. The Hall–Kier alpha value is -3.82. The second-order valence-corrected chi connectivity index (χ2v) is 8.46. The van der Waals surface area contributed by atoms with Crippen LogP contribution in [-0.2, 0) is 4.74 Å². The molecule has 9 heteroatoms. The Kier molecular flexibility index (Phi) is 5.85. The number of benzene rings is 1. The second-order valence-electron chi connectivity index (χ2n) is 8.46. The number of nitrogens with zero attached hydrogens (tertiary/aromatic N) is 6. The summed E-state index contributed by atoms with van der Waals surface area (Å²) in [6.45, 7) is 5.00. The lowest BCUT2D eigenvalue weighted by molar-refractivity contribution is 0.0322. The maximum absolute atomic E-state index is 5.87. The minimum Gasteiger partial charge on any atom is -0.491 e. The van der Waals surface area contributed by atoms with Gasteiger partial charge in [0.25, 0.3) is 0 Å². The van der Waals surface area contributed by atoms with Crippen LogP contribution in [0.3, 0.4) is 0 Å². The zero-order valence-electron chi connectivity index (χ0n) is 19.2. The van der Waals surface area contributed by atoms with Gasteiger partial charge in [-0.15, -0.1) is 0 Å². The molecule has 0 atom stereocenters. The molecular formula is C26H23BN6O2. The van der Waals surface area contributed by atoms with E-state index < -0.39 is 0 Å². The molecule has 1 aromatic carbocycles. The van der Waals surface area contributed by atoms with E-state index in [9.17, 15) is 0 Å². The van der Waals surface area contributed by atoms with E-state index in [1.54, 1.807) is 10.7 Å². The van der Waals surface area contributed by atoms with Crippen molar-refractivity contribution < 1.29 is 9.47 Å². The van der Waals surface area contributed by atoms with Crippen molar-refractivity contribution in [3.63, 3.8) is 0 Å². The fraction of sp³-hybridized carbons (Fsp3) is 0.231. The van der Waals surface area contributed by atoms with Crippen LogP contribution in [0.4, 0.5) is 0 Å². The maximum Gasteiger partial charge on any atom is 0.162 e. The first kappa shape index (κ1) is 21.7. The lowest BCUT2D eigenvalue weighted by atomic mass is 9.99. The van der Waals surface area contributed by atoms with Crippen LogP contribution >= 0.6 is 0 Å². The molecule has 1 fully saturated rings. The van der Waals surface area contributed by atoms with Gasteiger partial charge >= 0.3 is 0 Å². The van der Waals surface area contributed by atoms with Gasteiger partial charge in [-0.1, -0.05) is 24.3 Å². The standard InChI is InChI=1S/C26H23BN6O2/c27-25-7-5-21-20(2-1-3-24(21)31-25)22-16-30-33-17-18(14-29-26(22)33)23-6-4-19(15-28-23)35-13-10-32-8-11-34-12-9-32/h1-7,14-17H,8-13H2. The average molecular weight is 462 g/mol. The molecule has 5 heterocycles. The van der Waals surface area contributed by atoms with Crippen LogP contribution in [0.5, 0.6) is 5.75 Å². The van der Waals surface area contributed by atoms with Gasteiger partial charge in [0, 0.05) is 48.5 Å². The molecule has 0 unspecified atom stereocenters. The summed E-state index contributed by atoms with van der Waals surface area (Å²) in [5.74, 6) is 0.752. The molecule has 172 valence electrons. The molecule has 1 saturated heterocycles. The molecule has 8 nitrogen and oxygen atoms in total. The van der Waals surface area contributed by atoms with Gasteiger partial charge in [0.05, 0.1) is 36.8 Å². The summed E-state index contributed by atoms with van der Waals surface area (Å²) in [6, 6.07) is 13.6.